The van der Waals surface area contributed by atoms with Crippen molar-refractivity contribution in [1.29, 1.82) is 0 Å². The molecule has 1 unspecified atom stereocenters. The normalized spacial score (nSPS) is 12.6. The van der Waals surface area contributed by atoms with Crippen molar-refractivity contribution in [2.45, 2.75) is 24.3 Å². The molecule has 1 amide bonds. The van der Waals surface area contributed by atoms with Gasteiger partial charge in [-0.25, -0.2) is 13.1 Å². The summed E-state index contributed by atoms with van der Waals surface area (Å²) in [5.74, 6) is -0.272. The number of carbonyl (C=O) groups is 1. The van der Waals surface area contributed by atoms with E-state index in [1.807, 2.05) is 25.1 Å². The van der Waals surface area contributed by atoms with Crippen LogP contribution in [0.3, 0.4) is 0 Å². The van der Waals surface area contributed by atoms with Crippen LogP contribution >= 0.6 is 23.2 Å². The van der Waals surface area contributed by atoms with Crippen molar-refractivity contribution in [3.63, 3.8) is 0 Å². The lowest BCUT2D eigenvalue weighted by molar-refractivity contribution is -0.121. The lowest BCUT2D eigenvalue weighted by Gasteiger charge is -2.15. The van der Waals surface area contributed by atoms with Crippen molar-refractivity contribution >= 4 is 39.1 Å². The third kappa shape index (κ3) is 5.71. The van der Waals surface area contributed by atoms with E-state index in [1.165, 1.54) is 24.3 Å². The predicted octanol–water partition coefficient (Wildman–Crippen LogP) is 3.54. The molecule has 134 valence electrons. The van der Waals surface area contributed by atoms with Crippen LogP contribution in [0.4, 0.5) is 0 Å². The maximum absolute atomic E-state index is 12.1. The van der Waals surface area contributed by atoms with E-state index in [9.17, 15) is 13.2 Å². The number of halogens is 2. The Morgan fingerprint density at radius 2 is 1.72 bits per heavy atom. The molecule has 1 atom stereocenters. The van der Waals surface area contributed by atoms with Gasteiger partial charge in [-0.05, 0) is 42.8 Å². The number of nitrogens with one attached hydrogen (secondary N) is 2. The Hall–Kier alpha value is -1.60. The summed E-state index contributed by atoms with van der Waals surface area (Å²) in [5.41, 5.74) is 0.805. The highest BCUT2D eigenvalue weighted by Gasteiger charge is 2.15. The maximum Gasteiger partial charge on any atom is 0.240 e. The summed E-state index contributed by atoms with van der Waals surface area (Å²) in [7, 11) is -3.67. The first-order valence-corrected chi connectivity index (χ1v) is 9.82. The molecular formula is C17H18Cl2N2O3S. The summed E-state index contributed by atoms with van der Waals surface area (Å²) in [6.45, 7) is 1.81. The van der Waals surface area contributed by atoms with E-state index >= 15 is 0 Å². The summed E-state index contributed by atoms with van der Waals surface area (Å²) < 4.78 is 26.6. The first-order chi connectivity index (χ1) is 11.8. The SMILES string of the molecule is CC(NC(=O)CCNS(=O)(=O)c1ccc(Cl)cc1)c1ccccc1Cl. The average Bonchev–Trinajstić information content (AvgIpc) is 2.55. The molecule has 2 rings (SSSR count). The quantitative estimate of drug-likeness (QED) is 0.745. The van der Waals surface area contributed by atoms with Gasteiger partial charge in [0.15, 0.2) is 0 Å². The summed E-state index contributed by atoms with van der Waals surface area (Å²) in [4.78, 5) is 12.1. The summed E-state index contributed by atoms with van der Waals surface area (Å²) >= 11 is 11.8. The molecule has 0 radical (unpaired) electrons. The molecule has 0 aromatic heterocycles. The van der Waals surface area contributed by atoms with Gasteiger partial charge in [-0.1, -0.05) is 41.4 Å². The predicted molar refractivity (Wildman–Crippen MR) is 99.3 cm³/mol. The van der Waals surface area contributed by atoms with Gasteiger partial charge in [-0.2, -0.15) is 0 Å². The molecule has 0 aliphatic heterocycles. The van der Waals surface area contributed by atoms with Crippen LogP contribution in [0.1, 0.15) is 24.9 Å². The van der Waals surface area contributed by atoms with Crippen LogP contribution in [0, 0.1) is 0 Å². The van der Waals surface area contributed by atoms with Gasteiger partial charge in [-0.15, -0.1) is 0 Å². The van der Waals surface area contributed by atoms with Crippen molar-refractivity contribution in [2.75, 3.05) is 6.54 Å². The van der Waals surface area contributed by atoms with Gasteiger partial charge in [0.25, 0.3) is 0 Å². The van der Waals surface area contributed by atoms with Crippen molar-refractivity contribution in [2.24, 2.45) is 0 Å². The first-order valence-electron chi connectivity index (χ1n) is 7.58. The third-order valence-electron chi connectivity index (χ3n) is 3.52. The number of amides is 1. The number of hydrogen-bond acceptors (Lipinski definition) is 3. The molecule has 5 nitrogen and oxygen atoms in total. The number of carbonyl (C=O) groups excluding carboxylic acids is 1. The Morgan fingerprint density at radius 1 is 1.08 bits per heavy atom. The van der Waals surface area contributed by atoms with Crippen LogP contribution < -0.4 is 10.0 Å². The minimum Gasteiger partial charge on any atom is -0.349 e. The number of hydrogen-bond donors (Lipinski definition) is 2. The van der Waals surface area contributed by atoms with Gasteiger partial charge in [0, 0.05) is 23.0 Å². The van der Waals surface area contributed by atoms with Crippen molar-refractivity contribution in [3.05, 3.63) is 64.1 Å². The summed E-state index contributed by atoms with van der Waals surface area (Å²) in [6, 6.07) is 12.8. The molecule has 0 bridgehead atoms. The molecule has 2 aromatic carbocycles. The van der Waals surface area contributed by atoms with Crippen LogP contribution in [0.15, 0.2) is 53.4 Å². The molecule has 2 aromatic rings. The number of rotatable bonds is 7. The number of sulfonamides is 1. The third-order valence-corrected chi connectivity index (χ3v) is 5.59. The van der Waals surface area contributed by atoms with Crippen LogP contribution in [0.25, 0.3) is 0 Å². The molecule has 0 saturated heterocycles. The van der Waals surface area contributed by atoms with Crippen LogP contribution in [0.5, 0.6) is 0 Å². The second-order valence-electron chi connectivity index (χ2n) is 5.41. The van der Waals surface area contributed by atoms with E-state index in [2.05, 4.69) is 10.0 Å². The van der Waals surface area contributed by atoms with Crippen LogP contribution in [-0.4, -0.2) is 20.9 Å². The van der Waals surface area contributed by atoms with E-state index in [0.29, 0.717) is 10.0 Å². The van der Waals surface area contributed by atoms with Gasteiger partial charge >= 0.3 is 0 Å². The fourth-order valence-corrected chi connectivity index (χ4v) is 3.67. The summed E-state index contributed by atoms with van der Waals surface area (Å²) in [5, 5.41) is 3.81. The van der Waals surface area contributed by atoms with E-state index in [1.54, 1.807) is 6.07 Å². The molecule has 0 fully saturated rings. The molecule has 25 heavy (non-hydrogen) atoms. The largest absolute Gasteiger partial charge is 0.349 e. The first kappa shape index (κ1) is 19.7. The molecule has 8 heteroatoms. The zero-order valence-electron chi connectivity index (χ0n) is 13.5. The summed E-state index contributed by atoms with van der Waals surface area (Å²) in [6.07, 6.45) is 0.0155. The van der Waals surface area contributed by atoms with Gasteiger partial charge in [0.1, 0.15) is 0 Å². The average molecular weight is 401 g/mol. The fourth-order valence-electron chi connectivity index (χ4n) is 2.21. The Balaban J connectivity index is 1.86. The lowest BCUT2D eigenvalue weighted by atomic mass is 10.1. The minimum atomic E-state index is -3.67. The van der Waals surface area contributed by atoms with Crippen molar-refractivity contribution in [1.82, 2.24) is 10.0 Å². The highest BCUT2D eigenvalue weighted by molar-refractivity contribution is 7.89. The topological polar surface area (TPSA) is 75.3 Å². The smallest absolute Gasteiger partial charge is 0.240 e. The molecule has 0 aliphatic rings. The highest BCUT2D eigenvalue weighted by atomic mass is 35.5. The van der Waals surface area contributed by atoms with E-state index in [4.69, 9.17) is 23.2 Å². The Labute approximate surface area is 157 Å². The van der Waals surface area contributed by atoms with Crippen molar-refractivity contribution < 1.29 is 13.2 Å². The second kappa shape index (κ2) is 8.67. The van der Waals surface area contributed by atoms with Gasteiger partial charge < -0.3 is 5.32 Å². The Morgan fingerprint density at radius 3 is 2.36 bits per heavy atom. The molecule has 0 aliphatic carbocycles. The van der Waals surface area contributed by atoms with E-state index in [0.717, 1.165) is 5.56 Å². The van der Waals surface area contributed by atoms with E-state index in [-0.39, 0.29) is 29.8 Å². The van der Waals surface area contributed by atoms with Gasteiger partial charge in [0.2, 0.25) is 15.9 Å². The minimum absolute atomic E-state index is 0.00790. The zero-order valence-corrected chi connectivity index (χ0v) is 15.8. The van der Waals surface area contributed by atoms with Crippen molar-refractivity contribution in [3.8, 4) is 0 Å². The van der Waals surface area contributed by atoms with Crippen LogP contribution in [0.2, 0.25) is 10.0 Å². The van der Waals surface area contributed by atoms with E-state index < -0.39 is 10.0 Å². The maximum atomic E-state index is 12.1. The van der Waals surface area contributed by atoms with Crippen LogP contribution in [-0.2, 0) is 14.8 Å². The second-order valence-corrected chi connectivity index (χ2v) is 8.02. The fraction of sp³-hybridized carbons (Fsp3) is 0.235. The monoisotopic (exact) mass is 400 g/mol. The standard InChI is InChI=1S/C17H18Cl2N2O3S/c1-12(15-4-2-3-5-16(15)19)21-17(22)10-11-20-25(23,24)14-8-6-13(18)7-9-14/h2-9,12,20H,10-11H2,1H3,(H,21,22). The molecular weight excluding hydrogens is 383 g/mol. The Kier molecular flexibility index (Phi) is 6.84. The molecule has 0 saturated carbocycles. The number of benzene rings is 2. The van der Waals surface area contributed by atoms with Gasteiger partial charge in [0.05, 0.1) is 10.9 Å². The molecule has 2 N–H and O–H groups in total. The van der Waals surface area contributed by atoms with Gasteiger partial charge in [-0.3, -0.25) is 4.79 Å². The Bertz CT molecular complexity index is 839. The highest BCUT2D eigenvalue weighted by Crippen LogP contribution is 2.22. The molecule has 0 heterocycles. The zero-order chi connectivity index (χ0) is 18.4. The molecule has 0 spiro atoms. The lowest BCUT2D eigenvalue weighted by Crippen LogP contribution is -2.32.